The number of ether oxygens (including phenoxy) is 2. The molecule has 2 aromatic carbocycles. The Labute approximate surface area is 205 Å². The molecule has 0 bridgehead atoms. The fraction of sp³-hybridized carbons (Fsp3) is 0.519. The first-order chi connectivity index (χ1) is 16.8. The van der Waals surface area contributed by atoms with Crippen molar-refractivity contribution in [2.24, 2.45) is 5.92 Å². The Balaban J connectivity index is 1.34. The summed E-state index contributed by atoms with van der Waals surface area (Å²) in [6.07, 6.45) is -0.875. The highest BCUT2D eigenvalue weighted by Crippen LogP contribution is 2.37. The quantitative estimate of drug-likeness (QED) is 0.483. The molecule has 0 amide bonds. The maximum absolute atomic E-state index is 13.3. The molecule has 0 aliphatic carbocycles. The minimum Gasteiger partial charge on any atom is -0.372 e. The molecule has 35 heavy (non-hydrogen) atoms. The summed E-state index contributed by atoms with van der Waals surface area (Å²) in [4.78, 5) is 4.38. The van der Waals surface area contributed by atoms with Gasteiger partial charge >= 0.3 is 6.18 Å². The number of benzene rings is 2. The molecular formula is C27H32F3N3O2. The van der Waals surface area contributed by atoms with E-state index < -0.39 is 11.7 Å². The molecule has 2 aliphatic heterocycles. The van der Waals surface area contributed by atoms with E-state index in [4.69, 9.17) is 14.7 Å². The van der Waals surface area contributed by atoms with E-state index in [0.717, 1.165) is 44.8 Å². The number of hydrogen-bond donors (Lipinski definition) is 0. The van der Waals surface area contributed by atoms with Gasteiger partial charge in [0.15, 0.2) is 6.29 Å². The van der Waals surface area contributed by atoms with Crippen LogP contribution in [0, 0.1) is 17.2 Å². The zero-order chi connectivity index (χ0) is 25.0. The lowest BCUT2D eigenvalue weighted by Gasteiger charge is -2.36. The second-order valence-electron chi connectivity index (χ2n) is 9.36. The van der Waals surface area contributed by atoms with E-state index in [1.165, 1.54) is 17.3 Å². The van der Waals surface area contributed by atoms with Crippen LogP contribution in [0.1, 0.15) is 48.3 Å². The lowest BCUT2D eigenvalue weighted by atomic mass is 9.88. The van der Waals surface area contributed by atoms with Crippen LogP contribution in [0.4, 0.5) is 24.5 Å². The van der Waals surface area contributed by atoms with Gasteiger partial charge in [-0.15, -0.1) is 0 Å². The monoisotopic (exact) mass is 487 g/mol. The summed E-state index contributed by atoms with van der Waals surface area (Å²) >= 11 is 0. The maximum atomic E-state index is 13.3. The van der Waals surface area contributed by atoms with Crippen molar-refractivity contribution in [1.29, 1.82) is 5.26 Å². The molecule has 0 saturated carbocycles. The average Bonchev–Trinajstić information content (AvgIpc) is 2.89. The molecule has 2 saturated heterocycles. The van der Waals surface area contributed by atoms with Gasteiger partial charge < -0.3 is 19.3 Å². The molecule has 0 unspecified atom stereocenters. The van der Waals surface area contributed by atoms with Gasteiger partial charge in [-0.25, -0.2) is 0 Å². The summed E-state index contributed by atoms with van der Waals surface area (Å²) in [5, 5.41) is 9.02. The standard InChI is InChI=1S/C27H32F3N3O2/c1-34-26(35-2)21-11-15-32(16-12-21)23-6-3-19(4-7-23)20-9-13-33(14-10-20)24-8-5-22(18-31)25(17-24)27(28,29)30/h3-8,17,20-21,26H,9-16H2,1-2H3. The van der Waals surface area contributed by atoms with Gasteiger partial charge in [-0.1, -0.05) is 12.1 Å². The number of rotatable bonds is 6. The van der Waals surface area contributed by atoms with E-state index in [0.29, 0.717) is 30.6 Å². The molecule has 2 heterocycles. The van der Waals surface area contributed by atoms with Gasteiger partial charge in [-0.2, -0.15) is 18.4 Å². The minimum atomic E-state index is -4.54. The Hall–Kier alpha value is -2.76. The van der Waals surface area contributed by atoms with Crippen LogP contribution in [-0.4, -0.2) is 46.7 Å². The fourth-order valence-electron chi connectivity index (χ4n) is 5.40. The predicted molar refractivity (Wildman–Crippen MR) is 130 cm³/mol. The number of piperidine rings is 2. The molecule has 0 radical (unpaired) electrons. The highest BCUT2D eigenvalue weighted by molar-refractivity contribution is 5.55. The molecule has 8 heteroatoms. The van der Waals surface area contributed by atoms with Crippen molar-refractivity contribution in [2.45, 2.75) is 44.1 Å². The van der Waals surface area contributed by atoms with Crippen LogP contribution in [-0.2, 0) is 15.7 Å². The first kappa shape index (κ1) is 25.3. The van der Waals surface area contributed by atoms with Gasteiger partial charge in [0, 0.05) is 57.7 Å². The number of halogens is 3. The Kier molecular flexibility index (Phi) is 7.88. The Bertz CT molecular complexity index is 1020. The zero-order valence-electron chi connectivity index (χ0n) is 20.2. The van der Waals surface area contributed by atoms with Crippen LogP contribution < -0.4 is 9.80 Å². The minimum absolute atomic E-state index is 0.144. The molecular weight excluding hydrogens is 455 g/mol. The second-order valence-corrected chi connectivity index (χ2v) is 9.36. The lowest BCUT2D eigenvalue weighted by Crippen LogP contribution is -2.39. The van der Waals surface area contributed by atoms with E-state index in [-0.39, 0.29) is 11.9 Å². The smallest absolute Gasteiger partial charge is 0.372 e. The van der Waals surface area contributed by atoms with Crippen molar-refractivity contribution in [3.8, 4) is 6.07 Å². The van der Waals surface area contributed by atoms with Gasteiger partial charge in [-0.3, -0.25) is 0 Å². The number of nitriles is 1. The Morgan fingerprint density at radius 3 is 1.94 bits per heavy atom. The second kappa shape index (κ2) is 10.9. The Morgan fingerprint density at radius 1 is 0.857 bits per heavy atom. The number of nitrogens with zero attached hydrogens (tertiary/aromatic N) is 3. The van der Waals surface area contributed by atoms with Crippen LogP contribution in [0.3, 0.4) is 0 Å². The highest BCUT2D eigenvalue weighted by Gasteiger charge is 2.34. The topological polar surface area (TPSA) is 48.7 Å². The van der Waals surface area contributed by atoms with Gasteiger partial charge in [0.25, 0.3) is 0 Å². The summed E-state index contributed by atoms with van der Waals surface area (Å²) < 4.78 is 50.9. The van der Waals surface area contributed by atoms with Crippen LogP contribution in [0.2, 0.25) is 0 Å². The summed E-state index contributed by atoms with van der Waals surface area (Å²) in [6.45, 7) is 3.30. The van der Waals surface area contributed by atoms with Gasteiger partial charge in [-0.05, 0) is 67.5 Å². The third-order valence-corrected chi connectivity index (χ3v) is 7.41. The number of alkyl halides is 3. The average molecular weight is 488 g/mol. The normalized spacial score (nSPS) is 18.2. The molecule has 2 aliphatic rings. The van der Waals surface area contributed by atoms with E-state index in [1.807, 2.05) is 4.90 Å². The van der Waals surface area contributed by atoms with Crippen molar-refractivity contribution in [3.63, 3.8) is 0 Å². The van der Waals surface area contributed by atoms with E-state index in [1.54, 1.807) is 26.4 Å². The first-order valence-electron chi connectivity index (χ1n) is 12.1. The maximum Gasteiger partial charge on any atom is 0.417 e. The van der Waals surface area contributed by atoms with Crippen molar-refractivity contribution in [2.75, 3.05) is 50.2 Å². The number of hydrogen-bond acceptors (Lipinski definition) is 5. The van der Waals surface area contributed by atoms with Crippen molar-refractivity contribution in [1.82, 2.24) is 0 Å². The highest BCUT2D eigenvalue weighted by atomic mass is 19.4. The molecule has 0 N–H and O–H groups in total. The lowest BCUT2D eigenvalue weighted by molar-refractivity contribution is -0.141. The molecule has 2 fully saturated rings. The van der Waals surface area contributed by atoms with Gasteiger partial charge in [0.1, 0.15) is 0 Å². The Morgan fingerprint density at radius 2 is 1.40 bits per heavy atom. The SMILES string of the molecule is COC(OC)C1CCN(c2ccc(C3CCN(c4ccc(C#N)c(C(F)(F)F)c4)CC3)cc2)CC1. The molecule has 5 nitrogen and oxygen atoms in total. The summed E-state index contributed by atoms with van der Waals surface area (Å²) in [5.74, 6) is 0.796. The van der Waals surface area contributed by atoms with Crippen molar-refractivity contribution < 1.29 is 22.6 Å². The van der Waals surface area contributed by atoms with E-state index in [9.17, 15) is 13.2 Å². The van der Waals surface area contributed by atoms with Gasteiger partial charge in [0.05, 0.1) is 17.2 Å². The molecule has 2 aromatic rings. The van der Waals surface area contributed by atoms with Crippen LogP contribution in [0.25, 0.3) is 0 Å². The first-order valence-corrected chi connectivity index (χ1v) is 12.1. The summed E-state index contributed by atoms with van der Waals surface area (Å²) in [6, 6.07) is 14.4. The van der Waals surface area contributed by atoms with Crippen molar-refractivity contribution in [3.05, 3.63) is 59.2 Å². The zero-order valence-corrected chi connectivity index (χ0v) is 20.2. The molecule has 0 aromatic heterocycles. The summed E-state index contributed by atoms with van der Waals surface area (Å²) in [7, 11) is 3.38. The largest absolute Gasteiger partial charge is 0.417 e. The summed E-state index contributed by atoms with van der Waals surface area (Å²) in [5.41, 5.74) is 1.82. The third-order valence-electron chi connectivity index (χ3n) is 7.41. The number of methoxy groups -OCH3 is 2. The van der Waals surface area contributed by atoms with E-state index >= 15 is 0 Å². The van der Waals surface area contributed by atoms with Crippen LogP contribution >= 0.6 is 0 Å². The fourth-order valence-corrected chi connectivity index (χ4v) is 5.40. The van der Waals surface area contributed by atoms with Crippen LogP contribution in [0.15, 0.2) is 42.5 Å². The predicted octanol–water partition coefficient (Wildman–Crippen LogP) is 5.80. The molecule has 4 rings (SSSR count). The molecule has 188 valence electrons. The molecule has 0 atom stereocenters. The van der Waals surface area contributed by atoms with Crippen molar-refractivity contribution >= 4 is 11.4 Å². The van der Waals surface area contributed by atoms with Crippen LogP contribution in [0.5, 0.6) is 0 Å². The van der Waals surface area contributed by atoms with Gasteiger partial charge in [0.2, 0.25) is 0 Å². The molecule has 0 spiro atoms. The third kappa shape index (κ3) is 5.74. The number of anilines is 2. The van der Waals surface area contributed by atoms with E-state index in [2.05, 4.69) is 29.2 Å².